The zero-order chi connectivity index (χ0) is 16.8. The van der Waals surface area contributed by atoms with E-state index < -0.39 is 0 Å². The van der Waals surface area contributed by atoms with Gasteiger partial charge >= 0.3 is 0 Å². The number of ketones is 1. The van der Waals surface area contributed by atoms with Crippen molar-refractivity contribution in [1.29, 1.82) is 0 Å². The van der Waals surface area contributed by atoms with Crippen molar-refractivity contribution in [2.75, 3.05) is 13.7 Å². The molecule has 2 N–H and O–H groups in total. The quantitative estimate of drug-likeness (QED) is 0.824. The molecule has 1 aliphatic heterocycles. The first-order valence-electron chi connectivity index (χ1n) is 6.75. The number of hydrogen-bond acceptors (Lipinski definition) is 7. The fourth-order valence-electron chi connectivity index (χ4n) is 2.04. The van der Waals surface area contributed by atoms with Crippen molar-refractivity contribution in [3.8, 4) is 23.0 Å². The Morgan fingerprint density at radius 3 is 2.52 bits per heavy atom. The van der Waals surface area contributed by atoms with E-state index in [1.54, 1.807) is 24.3 Å². The van der Waals surface area contributed by atoms with Crippen molar-refractivity contribution >= 4 is 11.5 Å². The van der Waals surface area contributed by atoms with E-state index in [2.05, 4.69) is 5.18 Å². The molecule has 0 saturated carbocycles. The Kier molecular flexibility index (Phi) is 5.14. The highest BCUT2D eigenvalue weighted by atomic mass is 16.5. The Morgan fingerprint density at radius 2 is 1.91 bits per heavy atom. The van der Waals surface area contributed by atoms with Crippen molar-refractivity contribution in [1.82, 2.24) is 0 Å². The van der Waals surface area contributed by atoms with Gasteiger partial charge in [-0.15, -0.1) is 4.91 Å². The number of fused-ring (bicyclic) bond motifs is 1. The summed E-state index contributed by atoms with van der Waals surface area (Å²) in [6.45, 7) is 0.271. The first-order valence-corrected chi connectivity index (χ1v) is 6.75. The monoisotopic (exact) mass is 317 g/mol. The summed E-state index contributed by atoms with van der Waals surface area (Å²) in [6.07, 6.45) is 0.244. The maximum atomic E-state index is 11.4. The zero-order valence-corrected chi connectivity index (χ0v) is 12.4. The summed E-state index contributed by atoms with van der Waals surface area (Å²) >= 11 is 0. The summed E-state index contributed by atoms with van der Waals surface area (Å²) in [5, 5.41) is 21.1. The highest BCUT2D eigenvalue weighted by Gasteiger charge is 2.23. The molecule has 2 aromatic rings. The van der Waals surface area contributed by atoms with Crippen molar-refractivity contribution in [3.05, 3.63) is 46.9 Å². The highest BCUT2D eigenvalue weighted by molar-refractivity contribution is 6.02. The summed E-state index contributed by atoms with van der Waals surface area (Å²) in [7, 11) is 1.52. The van der Waals surface area contributed by atoms with Crippen LogP contribution in [0.2, 0.25) is 0 Å². The minimum absolute atomic E-state index is 0.0518. The van der Waals surface area contributed by atoms with E-state index in [0.717, 1.165) is 6.07 Å². The number of hydrogen-bond donors (Lipinski definition) is 2. The molecule has 0 atom stereocenters. The zero-order valence-electron chi connectivity index (χ0n) is 12.4. The van der Waals surface area contributed by atoms with Crippen LogP contribution in [0.1, 0.15) is 16.8 Å². The number of nitroso groups, excluding NO2 is 1. The molecule has 0 aromatic heterocycles. The normalized spacial score (nSPS) is 12.3. The van der Waals surface area contributed by atoms with Gasteiger partial charge in [0.2, 0.25) is 0 Å². The third-order valence-electron chi connectivity index (χ3n) is 3.12. The molecule has 7 nitrogen and oxygen atoms in total. The Morgan fingerprint density at radius 1 is 1.17 bits per heavy atom. The van der Waals surface area contributed by atoms with E-state index in [4.69, 9.17) is 14.6 Å². The first-order chi connectivity index (χ1) is 11.1. The fraction of sp³-hybridized carbons (Fsp3) is 0.188. The molecule has 0 bridgehead atoms. The molecular weight excluding hydrogens is 302 g/mol. The summed E-state index contributed by atoms with van der Waals surface area (Å²) < 4.78 is 9.93. The lowest BCUT2D eigenvalue weighted by Crippen LogP contribution is -2.15. The molecule has 3 rings (SSSR count). The first kappa shape index (κ1) is 16.3. The number of carbonyl (C=O) groups is 1. The Labute approximate surface area is 132 Å². The fourth-order valence-corrected chi connectivity index (χ4v) is 2.04. The third kappa shape index (κ3) is 3.76. The number of ether oxygens (including phenoxy) is 2. The Hall–Kier alpha value is -3.09. The van der Waals surface area contributed by atoms with Gasteiger partial charge in [0.1, 0.15) is 22.7 Å². The standard InChI is InChI=1S/C9H7NO4.C7H8O2/c11-6-1-2-14-8-4-5(10-13)3-7(12)9(6)8;1-9-7-5-3-2-4-6(7)8/h3-4,12H,1-2H2;2-5,8H,1H3. The topological polar surface area (TPSA) is 105 Å². The van der Waals surface area contributed by atoms with Crippen molar-refractivity contribution < 1.29 is 24.5 Å². The van der Waals surface area contributed by atoms with Gasteiger partial charge in [-0.05, 0) is 17.3 Å². The average Bonchev–Trinajstić information content (AvgIpc) is 2.55. The lowest BCUT2D eigenvalue weighted by Gasteiger charge is -2.16. The van der Waals surface area contributed by atoms with Gasteiger partial charge in [-0.3, -0.25) is 4.79 Å². The molecular formula is C16H15NO6. The van der Waals surface area contributed by atoms with Crippen LogP contribution < -0.4 is 9.47 Å². The minimum Gasteiger partial charge on any atom is -0.507 e. The number of nitrogens with zero attached hydrogens (tertiary/aromatic N) is 1. The third-order valence-corrected chi connectivity index (χ3v) is 3.12. The van der Waals surface area contributed by atoms with Gasteiger partial charge in [0.05, 0.1) is 13.7 Å². The van der Waals surface area contributed by atoms with Crippen LogP contribution in [0.25, 0.3) is 0 Å². The molecule has 7 heteroatoms. The maximum Gasteiger partial charge on any atom is 0.173 e. The predicted molar refractivity (Wildman–Crippen MR) is 82.7 cm³/mol. The lowest BCUT2D eigenvalue weighted by atomic mass is 10.0. The predicted octanol–water partition coefficient (Wildman–Crippen LogP) is 3.16. The number of aromatic hydroxyl groups is 2. The lowest BCUT2D eigenvalue weighted by molar-refractivity contribution is 0.0930. The van der Waals surface area contributed by atoms with E-state index >= 15 is 0 Å². The van der Waals surface area contributed by atoms with Crippen LogP contribution >= 0.6 is 0 Å². The van der Waals surface area contributed by atoms with Gasteiger partial charge in [0.25, 0.3) is 0 Å². The number of benzene rings is 2. The molecule has 23 heavy (non-hydrogen) atoms. The second-order valence-electron chi connectivity index (χ2n) is 4.62. The van der Waals surface area contributed by atoms with Gasteiger partial charge in [0.15, 0.2) is 17.3 Å². The maximum absolute atomic E-state index is 11.4. The molecule has 0 radical (unpaired) electrons. The number of phenolic OH excluding ortho intramolecular Hbond substituents is 2. The van der Waals surface area contributed by atoms with Crippen LogP contribution in [0.5, 0.6) is 23.0 Å². The summed E-state index contributed by atoms with van der Waals surface area (Å²) in [6, 6.07) is 9.34. The molecule has 0 unspecified atom stereocenters. The smallest absolute Gasteiger partial charge is 0.173 e. The second-order valence-corrected chi connectivity index (χ2v) is 4.62. The van der Waals surface area contributed by atoms with Crippen molar-refractivity contribution in [2.24, 2.45) is 5.18 Å². The van der Waals surface area contributed by atoms with E-state index in [0.29, 0.717) is 5.75 Å². The molecule has 0 aliphatic carbocycles. The van der Waals surface area contributed by atoms with Gasteiger partial charge in [0, 0.05) is 18.6 Å². The number of methoxy groups -OCH3 is 1. The molecule has 0 amide bonds. The second kappa shape index (κ2) is 7.26. The molecule has 0 spiro atoms. The van der Waals surface area contributed by atoms with Crippen LogP contribution in [0, 0.1) is 4.91 Å². The van der Waals surface area contributed by atoms with Gasteiger partial charge in [-0.2, -0.15) is 0 Å². The number of para-hydroxylation sites is 2. The molecule has 1 heterocycles. The summed E-state index contributed by atoms with van der Waals surface area (Å²) in [5.41, 5.74) is 0.194. The molecule has 1 aliphatic rings. The van der Waals surface area contributed by atoms with Crippen LogP contribution in [-0.4, -0.2) is 29.7 Å². The van der Waals surface area contributed by atoms with E-state index in [-0.39, 0.29) is 47.3 Å². The number of carbonyl (C=O) groups excluding carboxylic acids is 1. The number of phenols is 2. The minimum atomic E-state index is -0.248. The van der Waals surface area contributed by atoms with Crippen LogP contribution in [0.4, 0.5) is 5.69 Å². The van der Waals surface area contributed by atoms with E-state index in [9.17, 15) is 14.8 Å². The van der Waals surface area contributed by atoms with E-state index in [1.165, 1.54) is 13.2 Å². The average molecular weight is 317 g/mol. The van der Waals surface area contributed by atoms with Gasteiger partial charge < -0.3 is 19.7 Å². The molecule has 2 aromatic carbocycles. The summed E-state index contributed by atoms with van der Waals surface area (Å²) in [4.78, 5) is 21.6. The number of Topliss-reactive ketones (excluding diaryl/α,β-unsaturated/α-hetero) is 1. The van der Waals surface area contributed by atoms with E-state index in [1.807, 2.05) is 0 Å². The van der Waals surface area contributed by atoms with Crippen molar-refractivity contribution in [3.63, 3.8) is 0 Å². The molecule has 0 fully saturated rings. The Balaban J connectivity index is 0.000000185. The van der Waals surface area contributed by atoms with Crippen LogP contribution in [-0.2, 0) is 0 Å². The molecule has 120 valence electrons. The molecule has 0 saturated heterocycles. The Bertz CT molecular complexity index is 729. The summed E-state index contributed by atoms with van der Waals surface area (Å²) in [5.74, 6) is 0.497. The van der Waals surface area contributed by atoms with Gasteiger partial charge in [-0.25, -0.2) is 0 Å². The van der Waals surface area contributed by atoms with Crippen LogP contribution in [0.15, 0.2) is 41.6 Å². The van der Waals surface area contributed by atoms with Crippen LogP contribution in [0.3, 0.4) is 0 Å². The highest BCUT2D eigenvalue weighted by Crippen LogP contribution is 2.36. The largest absolute Gasteiger partial charge is 0.507 e. The number of rotatable bonds is 2. The van der Waals surface area contributed by atoms with Crippen molar-refractivity contribution in [2.45, 2.75) is 6.42 Å². The SMILES string of the molecule is COc1ccccc1O.O=Nc1cc(O)c2c(c1)OCCC2=O. The van der Waals surface area contributed by atoms with Gasteiger partial charge in [-0.1, -0.05) is 12.1 Å².